The van der Waals surface area contributed by atoms with Crippen molar-refractivity contribution in [2.75, 3.05) is 19.3 Å². The molecule has 1 N–H and O–H groups in total. The van der Waals surface area contributed by atoms with Crippen LogP contribution in [0.5, 0.6) is 0 Å². The summed E-state index contributed by atoms with van der Waals surface area (Å²) < 4.78 is 25.5. The van der Waals surface area contributed by atoms with Gasteiger partial charge in [-0.05, 0) is 29.9 Å². The highest BCUT2D eigenvalue weighted by Crippen LogP contribution is 2.27. The summed E-state index contributed by atoms with van der Waals surface area (Å²) in [5.74, 6) is -0.817. The molecular weight excluding hydrogens is 278 g/mol. The molecule has 6 heteroatoms. The number of hydrogen-bond donors (Lipinski definition) is 1. The van der Waals surface area contributed by atoms with Crippen molar-refractivity contribution < 1.29 is 18.3 Å². The van der Waals surface area contributed by atoms with Crippen molar-refractivity contribution in [3.05, 3.63) is 35.4 Å². The second-order valence-electron chi connectivity index (χ2n) is 5.29. The van der Waals surface area contributed by atoms with Gasteiger partial charge in [0.05, 0.1) is 12.2 Å². The van der Waals surface area contributed by atoms with Crippen LogP contribution < -0.4 is 0 Å². The highest BCUT2D eigenvalue weighted by Gasteiger charge is 2.28. The van der Waals surface area contributed by atoms with Gasteiger partial charge in [-0.15, -0.1) is 0 Å². The van der Waals surface area contributed by atoms with Crippen molar-refractivity contribution in [3.8, 4) is 0 Å². The first kappa shape index (κ1) is 15.0. The molecule has 0 saturated heterocycles. The molecule has 2 rings (SSSR count). The van der Waals surface area contributed by atoms with Crippen molar-refractivity contribution in [1.82, 2.24) is 4.31 Å². The van der Waals surface area contributed by atoms with E-state index >= 15 is 0 Å². The van der Waals surface area contributed by atoms with E-state index in [1.165, 1.54) is 18.2 Å². The number of carbonyl (C=O) groups is 1. The first-order chi connectivity index (χ1) is 9.38. The Bertz CT molecular complexity index is 572. The quantitative estimate of drug-likeness (QED) is 0.854. The lowest BCUT2D eigenvalue weighted by Crippen LogP contribution is -2.33. The van der Waals surface area contributed by atoms with Crippen molar-refractivity contribution in [2.24, 2.45) is 5.92 Å². The molecule has 20 heavy (non-hydrogen) atoms. The number of carboxylic acid groups (broad SMARTS) is 1. The molecule has 0 fully saturated rings. The Morgan fingerprint density at radius 1 is 1.30 bits per heavy atom. The van der Waals surface area contributed by atoms with E-state index in [4.69, 9.17) is 5.11 Å². The Morgan fingerprint density at radius 2 is 1.85 bits per heavy atom. The Hall–Kier alpha value is -1.40. The number of nitrogens with zero attached hydrogens (tertiary/aromatic N) is 1. The third kappa shape index (κ3) is 3.58. The molecule has 5 nitrogen and oxygen atoms in total. The number of hydrogen-bond acceptors (Lipinski definition) is 3. The molecule has 0 amide bonds. The number of sulfonamides is 1. The normalized spacial score (nSPS) is 15.5. The minimum absolute atomic E-state index is 0.0251. The SMILES string of the molecule is CN(CCC(=O)O)S(=O)(=O)CC1Cc2ccccc2C1. The van der Waals surface area contributed by atoms with E-state index in [2.05, 4.69) is 0 Å². The van der Waals surface area contributed by atoms with E-state index in [0.717, 1.165) is 17.1 Å². The van der Waals surface area contributed by atoms with E-state index < -0.39 is 16.0 Å². The van der Waals surface area contributed by atoms with Gasteiger partial charge < -0.3 is 5.11 Å². The average molecular weight is 297 g/mol. The van der Waals surface area contributed by atoms with Gasteiger partial charge in [0.1, 0.15) is 0 Å². The molecule has 0 spiro atoms. The molecule has 1 aliphatic rings. The molecule has 0 aliphatic heterocycles. The van der Waals surface area contributed by atoms with Crippen molar-refractivity contribution in [2.45, 2.75) is 19.3 Å². The standard InChI is InChI=1S/C14H19NO4S/c1-15(7-6-14(16)17)20(18,19)10-11-8-12-4-2-3-5-13(12)9-11/h2-5,11H,6-10H2,1H3,(H,16,17). The van der Waals surface area contributed by atoms with Crippen LogP contribution in [-0.4, -0.2) is 43.1 Å². The molecule has 0 aromatic heterocycles. The Kier molecular flexibility index (Phi) is 4.45. The van der Waals surface area contributed by atoms with E-state index in [0.29, 0.717) is 0 Å². The first-order valence-corrected chi connectivity index (χ1v) is 8.22. The van der Waals surface area contributed by atoms with Gasteiger partial charge >= 0.3 is 5.97 Å². The van der Waals surface area contributed by atoms with E-state index in [-0.39, 0.29) is 24.6 Å². The van der Waals surface area contributed by atoms with E-state index in [1.54, 1.807) is 0 Å². The van der Waals surface area contributed by atoms with Crippen LogP contribution in [0, 0.1) is 5.92 Å². The first-order valence-electron chi connectivity index (χ1n) is 6.61. The number of fused-ring (bicyclic) bond motifs is 1. The lowest BCUT2D eigenvalue weighted by Gasteiger charge is -2.18. The van der Waals surface area contributed by atoms with E-state index in [1.807, 2.05) is 24.3 Å². The molecule has 110 valence electrons. The number of benzene rings is 1. The highest BCUT2D eigenvalue weighted by atomic mass is 32.2. The molecule has 0 bridgehead atoms. The van der Waals surface area contributed by atoms with Gasteiger partial charge in [-0.1, -0.05) is 24.3 Å². The molecule has 0 heterocycles. The summed E-state index contributed by atoms with van der Waals surface area (Å²) in [7, 11) is -1.94. The van der Waals surface area contributed by atoms with Crippen molar-refractivity contribution in [3.63, 3.8) is 0 Å². The Labute approximate surface area is 119 Å². The molecule has 1 aliphatic carbocycles. The maximum atomic E-state index is 12.2. The highest BCUT2D eigenvalue weighted by molar-refractivity contribution is 7.89. The molecule has 1 aromatic carbocycles. The molecule has 0 saturated carbocycles. The van der Waals surface area contributed by atoms with Gasteiger partial charge in [-0.3, -0.25) is 4.79 Å². The molecule has 0 radical (unpaired) electrons. The summed E-state index contributed by atoms with van der Waals surface area (Å²) in [5, 5.41) is 8.61. The number of rotatable bonds is 6. The largest absolute Gasteiger partial charge is 0.481 e. The molecular formula is C14H19NO4S. The Balaban J connectivity index is 1.95. The summed E-state index contributed by atoms with van der Waals surface area (Å²) in [4.78, 5) is 10.5. The second kappa shape index (κ2) is 5.93. The second-order valence-corrected chi connectivity index (χ2v) is 7.41. The predicted octanol–water partition coefficient (Wildman–Crippen LogP) is 1.14. The van der Waals surface area contributed by atoms with Gasteiger partial charge in [0.2, 0.25) is 10.0 Å². The van der Waals surface area contributed by atoms with Gasteiger partial charge in [-0.2, -0.15) is 0 Å². The van der Waals surface area contributed by atoms with Crippen LogP contribution in [0.1, 0.15) is 17.5 Å². The zero-order valence-corrected chi connectivity index (χ0v) is 12.3. The van der Waals surface area contributed by atoms with Crippen LogP contribution in [0.4, 0.5) is 0 Å². The molecule has 0 unspecified atom stereocenters. The van der Waals surface area contributed by atoms with E-state index in [9.17, 15) is 13.2 Å². The third-order valence-corrected chi connectivity index (χ3v) is 5.72. The zero-order valence-electron chi connectivity index (χ0n) is 11.4. The summed E-state index contributed by atoms with van der Waals surface area (Å²) in [5.41, 5.74) is 2.45. The van der Waals surface area contributed by atoms with Crippen LogP contribution in [0.3, 0.4) is 0 Å². The fourth-order valence-electron chi connectivity index (χ4n) is 2.59. The lowest BCUT2D eigenvalue weighted by molar-refractivity contribution is -0.137. The summed E-state index contributed by atoms with van der Waals surface area (Å²) in [6.07, 6.45) is 1.39. The summed E-state index contributed by atoms with van der Waals surface area (Å²) in [6, 6.07) is 8.01. The summed E-state index contributed by atoms with van der Waals surface area (Å²) >= 11 is 0. The maximum Gasteiger partial charge on any atom is 0.304 e. The number of carboxylic acids is 1. The third-order valence-electron chi connectivity index (χ3n) is 3.70. The monoisotopic (exact) mass is 297 g/mol. The fourth-order valence-corrected chi connectivity index (χ4v) is 4.04. The van der Waals surface area contributed by atoms with Gasteiger partial charge in [-0.25, -0.2) is 12.7 Å². The van der Waals surface area contributed by atoms with Crippen LogP contribution in [0.15, 0.2) is 24.3 Å². The molecule has 1 aromatic rings. The Morgan fingerprint density at radius 3 is 2.35 bits per heavy atom. The predicted molar refractivity (Wildman–Crippen MR) is 76.0 cm³/mol. The topological polar surface area (TPSA) is 74.7 Å². The fraction of sp³-hybridized carbons (Fsp3) is 0.500. The average Bonchev–Trinajstić information content (AvgIpc) is 2.76. The smallest absolute Gasteiger partial charge is 0.304 e. The minimum Gasteiger partial charge on any atom is -0.481 e. The summed E-state index contributed by atoms with van der Waals surface area (Å²) in [6.45, 7) is 0.0251. The van der Waals surface area contributed by atoms with Gasteiger partial charge in [0.25, 0.3) is 0 Å². The van der Waals surface area contributed by atoms with Crippen molar-refractivity contribution >= 4 is 16.0 Å². The van der Waals surface area contributed by atoms with Crippen molar-refractivity contribution in [1.29, 1.82) is 0 Å². The van der Waals surface area contributed by atoms with Crippen LogP contribution >= 0.6 is 0 Å². The van der Waals surface area contributed by atoms with Crippen LogP contribution in [0.2, 0.25) is 0 Å². The molecule has 0 atom stereocenters. The van der Waals surface area contributed by atoms with Crippen LogP contribution in [-0.2, 0) is 27.7 Å². The van der Waals surface area contributed by atoms with Crippen LogP contribution in [0.25, 0.3) is 0 Å². The lowest BCUT2D eigenvalue weighted by atomic mass is 10.1. The number of aliphatic carboxylic acids is 1. The van der Waals surface area contributed by atoms with Gasteiger partial charge in [0.15, 0.2) is 0 Å². The van der Waals surface area contributed by atoms with Gasteiger partial charge in [0, 0.05) is 13.6 Å². The maximum absolute atomic E-state index is 12.2. The minimum atomic E-state index is -3.39. The zero-order chi connectivity index (χ0) is 14.8.